The molecule has 66 valence electrons. The summed E-state index contributed by atoms with van der Waals surface area (Å²) in [6.07, 6.45) is 2.08. The maximum atomic E-state index is 10.2. The van der Waals surface area contributed by atoms with Crippen LogP contribution >= 0.6 is 15.9 Å². The minimum absolute atomic E-state index is 0.0810. The minimum atomic E-state index is -0.300. The maximum Gasteiger partial charge on any atom is 0.304 e. The summed E-state index contributed by atoms with van der Waals surface area (Å²) in [6.45, 7) is 2.10. The first-order chi connectivity index (χ1) is 5.27. The van der Waals surface area contributed by atoms with Gasteiger partial charge in [-0.3, -0.25) is 4.79 Å². The maximum absolute atomic E-state index is 10.2. The van der Waals surface area contributed by atoms with Gasteiger partial charge in [-0.2, -0.15) is 0 Å². The van der Waals surface area contributed by atoms with Crippen LogP contribution in [0.3, 0.4) is 0 Å². The van der Waals surface area contributed by atoms with Crippen LogP contribution in [0.4, 0.5) is 0 Å². The van der Waals surface area contributed by atoms with Gasteiger partial charge in [0.15, 0.2) is 6.79 Å². The lowest BCUT2D eigenvalue weighted by Crippen LogP contribution is -2.05. The van der Waals surface area contributed by atoms with Crippen molar-refractivity contribution in [3.63, 3.8) is 0 Å². The van der Waals surface area contributed by atoms with Gasteiger partial charge < -0.3 is 9.47 Å². The van der Waals surface area contributed by atoms with Crippen molar-refractivity contribution >= 4 is 21.9 Å². The summed E-state index contributed by atoms with van der Waals surface area (Å²) in [4.78, 5) is 10.2. The third-order valence-corrected chi connectivity index (χ3v) is 1.58. The van der Waals surface area contributed by atoms with E-state index >= 15 is 0 Å². The number of carbonyl (C=O) groups excluding carboxylic acids is 1. The van der Waals surface area contributed by atoms with Crippen molar-refractivity contribution in [2.24, 2.45) is 0 Å². The molecule has 0 atom stereocenters. The number of ether oxygens (including phenoxy) is 2. The summed E-state index contributed by atoms with van der Waals surface area (Å²) in [6, 6.07) is 0. The van der Waals surface area contributed by atoms with E-state index < -0.39 is 0 Å². The molecule has 0 heterocycles. The van der Waals surface area contributed by atoms with Gasteiger partial charge in [0.05, 0.1) is 6.61 Å². The highest BCUT2D eigenvalue weighted by Crippen LogP contribution is 1.94. The van der Waals surface area contributed by atoms with Gasteiger partial charge >= 0.3 is 5.97 Å². The fourth-order valence-electron chi connectivity index (χ4n) is 0.482. The van der Waals surface area contributed by atoms with E-state index in [1.54, 1.807) is 0 Å². The van der Waals surface area contributed by atoms with Crippen molar-refractivity contribution in [3.05, 3.63) is 0 Å². The van der Waals surface area contributed by atoms with E-state index in [1.165, 1.54) is 6.92 Å². The van der Waals surface area contributed by atoms with Crippen LogP contribution in [0.1, 0.15) is 19.8 Å². The molecule has 0 amide bonds. The van der Waals surface area contributed by atoms with Crippen molar-refractivity contribution < 1.29 is 14.3 Å². The molecule has 0 aliphatic carbocycles. The van der Waals surface area contributed by atoms with E-state index in [4.69, 9.17) is 4.74 Å². The van der Waals surface area contributed by atoms with Gasteiger partial charge in [0.2, 0.25) is 0 Å². The van der Waals surface area contributed by atoms with Crippen LogP contribution in [0.25, 0.3) is 0 Å². The highest BCUT2D eigenvalue weighted by molar-refractivity contribution is 9.09. The Morgan fingerprint density at radius 3 is 2.73 bits per heavy atom. The molecule has 0 aromatic rings. The molecule has 0 rings (SSSR count). The SMILES string of the molecule is CC(=O)OCOCCCCBr. The fraction of sp³-hybridized carbons (Fsp3) is 0.857. The number of unbranched alkanes of at least 4 members (excludes halogenated alkanes) is 1. The van der Waals surface area contributed by atoms with E-state index in [9.17, 15) is 4.79 Å². The van der Waals surface area contributed by atoms with Crippen LogP contribution in [0.2, 0.25) is 0 Å². The van der Waals surface area contributed by atoms with Gasteiger partial charge in [0, 0.05) is 12.3 Å². The zero-order valence-corrected chi connectivity index (χ0v) is 8.22. The molecular formula is C7H13BrO3. The zero-order chi connectivity index (χ0) is 8.53. The van der Waals surface area contributed by atoms with Crippen molar-refractivity contribution in [2.45, 2.75) is 19.8 Å². The minimum Gasteiger partial charge on any atom is -0.439 e. The second kappa shape index (κ2) is 8.01. The summed E-state index contributed by atoms with van der Waals surface area (Å²) < 4.78 is 9.53. The number of hydrogen-bond donors (Lipinski definition) is 0. The normalized spacial score (nSPS) is 9.64. The molecule has 0 aliphatic rings. The fourth-order valence-corrected chi connectivity index (χ4v) is 0.879. The van der Waals surface area contributed by atoms with Crippen LogP contribution in [0, 0.1) is 0 Å². The highest BCUT2D eigenvalue weighted by Gasteiger charge is 1.91. The van der Waals surface area contributed by atoms with Crippen LogP contribution < -0.4 is 0 Å². The quantitative estimate of drug-likeness (QED) is 0.298. The lowest BCUT2D eigenvalue weighted by Gasteiger charge is -2.02. The highest BCUT2D eigenvalue weighted by atomic mass is 79.9. The largest absolute Gasteiger partial charge is 0.439 e. The molecule has 11 heavy (non-hydrogen) atoms. The molecule has 0 aliphatic heterocycles. The molecule has 0 unspecified atom stereocenters. The van der Waals surface area contributed by atoms with Crippen LogP contribution in [0.15, 0.2) is 0 Å². The number of halogens is 1. The third-order valence-electron chi connectivity index (χ3n) is 1.02. The molecule has 0 aromatic heterocycles. The van der Waals surface area contributed by atoms with Crippen molar-refractivity contribution in [2.75, 3.05) is 18.7 Å². The lowest BCUT2D eigenvalue weighted by molar-refractivity contribution is -0.153. The number of hydrogen-bond acceptors (Lipinski definition) is 3. The molecule has 0 saturated carbocycles. The Morgan fingerprint density at radius 1 is 1.45 bits per heavy atom. The Morgan fingerprint density at radius 2 is 2.18 bits per heavy atom. The van der Waals surface area contributed by atoms with Crippen molar-refractivity contribution in [3.8, 4) is 0 Å². The van der Waals surface area contributed by atoms with E-state index in [0.29, 0.717) is 6.61 Å². The Labute approximate surface area is 75.2 Å². The first kappa shape index (κ1) is 10.9. The van der Waals surface area contributed by atoms with Crippen LogP contribution in [-0.2, 0) is 14.3 Å². The average Bonchev–Trinajstić information content (AvgIpc) is 1.96. The van der Waals surface area contributed by atoms with Crippen LogP contribution in [0.5, 0.6) is 0 Å². The Hall–Kier alpha value is -0.0900. The molecular weight excluding hydrogens is 212 g/mol. The van der Waals surface area contributed by atoms with Gasteiger partial charge in [-0.25, -0.2) is 0 Å². The lowest BCUT2D eigenvalue weighted by atomic mass is 10.4. The van der Waals surface area contributed by atoms with Crippen molar-refractivity contribution in [1.29, 1.82) is 0 Å². The third kappa shape index (κ3) is 9.91. The summed E-state index contributed by atoms with van der Waals surface area (Å²) in [5.41, 5.74) is 0. The van der Waals surface area contributed by atoms with Gasteiger partial charge in [-0.1, -0.05) is 15.9 Å². The molecule has 0 saturated heterocycles. The average molecular weight is 225 g/mol. The van der Waals surface area contributed by atoms with Gasteiger partial charge in [-0.05, 0) is 12.8 Å². The molecule has 0 fully saturated rings. The van der Waals surface area contributed by atoms with E-state index in [2.05, 4.69) is 20.7 Å². The Balaban J connectivity index is 2.85. The second-order valence-corrected chi connectivity index (χ2v) is 2.85. The summed E-state index contributed by atoms with van der Waals surface area (Å²) >= 11 is 3.30. The molecule has 0 N–H and O–H groups in total. The topological polar surface area (TPSA) is 35.5 Å². The molecule has 0 aromatic carbocycles. The Bertz CT molecular complexity index is 106. The van der Waals surface area contributed by atoms with Gasteiger partial charge in [0.25, 0.3) is 0 Å². The van der Waals surface area contributed by atoms with Gasteiger partial charge in [0.1, 0.15) is 0 Å². The molecule has 0 spiro atoms. The van der Waals surface area contributed by atoms with Crippen molar-refractivity contribution in [1.82, 2.24) is 0 Å². The standard InChI is InChI=1S/C7H13BrO3/c1-7(9)11-6-10-5-3-2-4-8/h2-6H2,1H3. The summed E-state index contributed by atoms with van der Waals surface area (Å²) in [7, 11) is 0. The monoisotopic (exact) mass is 224 g/mol. The van der Waals surface area contributed by atoms with Gasteiger partial charge in [-0.15, -0.1) is 0 Å². The zero-order valence-electron chi connectivity index (χ0n) is 6.64. The molecule has 0 radical (unpaired) electrons. The number of alkyl halides is 1. The number of carbonyl (C=O) groups is 1. The Kier molecular flexibility index (Phi) is 7.95. The number of rotatable bonds is 6. The van der Waals surface area contributed by atoms with Crippen LogP contribution in [-0.4, -0.2) is 24.7 Å². The number of esters is 1. The molecule has 3 nitrogen and oxygen atoms in total. The first-order valence-electron chi connectivity index (χ1n) is 3.54. The molecule has 0 bridgehead atoms. The predicted octanol–water partition coefficient (Wildman–Crippen LogP) is 1.70. The predicted molar refractivity (Wildman–Crippen MR) is 45.6 cm³/mol. The molecule has 4 heteroatoms. The first-order valence-corrected chi connectivity index (χ1v) is 4.66. The smallest absolute Gasteiger partial charge is 0.304 e. The van der Waals surface area contributed by atoms with E-state index in [1.807, 2.05) is 0 Å². The van der Waals surface area contributed by atoms with E-state index in [-0.39, 0.29) is 12.8 Å². The second-order valence-electron chi connectivity index (χ2n) is 2.06. The summed E-state index contributed by atoms with van der Waals surface area (Å²) in [5.74, 6) is -0.300. The van der Waals surface area contributed by atoms with E-state index in [0.717, 1.165) is 18.2 Å². The summed E-state index contributed by atoms with van der Waals surface area (Å²) in [5, 5.41) is 0.990.